The Hall–Kier alpha value is 0.508. The van der Waals surface area contributed by atoms with Crippen molar-refractivity contribution < 1.29 is 40.8 Å². The van der Waals surface area contributed by atoms with Gasteiger partial charge in [-0.15, -0.1) is 0 Å². The van der Waals surface area contributed by atoms with E-state index in [1.165, 1.54) is 0 Å². The van der Waals surface area contributed by atoms with Crippen molar-refractivity contribution in [1.29, 1.82) is 0 Å². The SMILES string of the molecule is CCCCOCC1(C)COC1[Si](C)(C)O[Si](CC)(O[Si](C)(C)C1OCC1(C)COCCCC)O[Si](C)(C)C1OCC1(C)COCCCC. The first-order valence-corrected chi connectivity index (χ1v) is 30.0. The first-order valence-electron chi connectivity index (χ1n) is 19.1. The van der Waals surface area contributed by atoms with Crippen molar-refractivity contribution in [3.05, 3.63) is 0 Å². The van der Waals surface area contributed by atoms with Crippen molar-refractivity contribution in [2.24, 2.45) is 16.2 Å². The van der Waals surface area contributed by atoms with Crippen LogP contribution in [-0.2, 0) is 40.8 Å². The highest BCUT2D eigenvalue weighted by Crippen LogP contribution is 2.47. The summed E-state index contributed by atoms with van der Waals surface area (Å²) in [5.41, 5.74) is -0.306. The Balaban J connectivity index is 1.89. The molecule has 0 N–H and O–H groups in total. The van der Waals surface area contributed by atoms with Gasteiger partial charge < -0.3 is 40.8 Å². The fraction of sp³-hybridized carbons (Fsp3) is 1.00. The molecule has 0 aromatic carbocycles. The Morgan fingerprint density at radius 2 is 0.771 bits per heavy atom. The highest BCUT2D eigenvalue weighted by molar-refractivity contribution is 6.91. The lowest BCUT2D eigenvalue weighted by atomic mass is 9.89. The van der Waals surface area contributed by atoms with Crippen LogP contribution in [-0.4, -0.2) is 110 Å². The van der Waals surface area contributed by atoms with Gasteiger partial charge in [0, 0.05) is 42.1 Å². The van der Waals surface area contributed by atoms with Gasteiger partial charge in [0.25, 0.3) is 0 Å². The quantitative estimate of drug-likeness (QED) is 0.0684. The van der Waals surface area contributed by atoms with E-state index < -0.39 is 33.8 Å². The first kappa shape index (κ1) is 42.9. The van der Waals surface area contributed by atoms with Gasteiger partial charge in [0.05, 0.1) is 56.8 Å². The lowest BCUT2D eigenvalue weighted by Crippen LogP contribution is -2.75. The summed E-state index contributed by atoms with van der Waals surface area (Å²) in [6, 6.07) is 0.680. The zero-order chi connectivity index (χ0) is 35.9. The predicted molar refractivity (Wildman–Crippen MR) is 203 cm³/mol. The summed E-state index contributed by atoms with van der Waals surface area (Å²) in [7, 11) is -10.9. The molecule has 0 bridgehead atoms. The molecule has 0 spiro atoms. The highest BCUT2D eigenvalue weighted by Gasteiger charge is 2.65. The summed E-state index contributed by atoms with van der Waals surface area (Å²) in [6.45, 7) is 35.8. The van der Waals surface area contributed by atoms with Crippen LogP contribution < -0.4 is 0 Å². The zero-order valence-electron chi connectivity index (χ0n) is 33.2. The maximum atomic E-state index is 7.52. The first-order chi connectivity index (χ1) is 22.4. The fourth-order valence-electron chi connectivity index (χ4n) is 8.12. The van der Waals surface area contributed by atoms with Gasteiger partial charge in [0.15, 0.2) is 0 Å². The van der Waals surface area contributed by atoms with E-state index in [0.29, 0.717) is 45.7 Å². The molecular formula is C35H74O9Si4. The molecule has 3 aliphatic heterocycles. The van der Waals surface area contributed by atoms with E-state index >= 15 is 0 Å². The van der Waals surface area contributed by atoms with Gasteiger partial charge in [0.1, 0.15) is 0 Å². The van der Waals surface area contributed by atoms with E-state index in [4.69, 9.17) is 40.8 Å². The second-order valence-electron chi connectivity index (χ2n) is 17.4. The van der Waals surface area contributed by atoms with E-state index in [2.05, 4.69) is 87.7 Å². The minimum atomic E-state index is -3.31. The average Bonchev–Trinajstić information content (AvgIpc) is 2.96. The molecule has 9 nitrogen and oxygen atoms in total. The van der Waals surface area contributed by atoms with E-state index in [-0.39, 0.29) is 33.4 Å². The minimum Gasteiger partial charge on any atom is -0.414 e. The molecule has 3 fully saturated rings. The predicted octanol–water partition coefficient (Wildman–Crippen LogP) is 7.89. The normalized spacial score (nSPS) is 32.3. The molecule has 3 aliphatic rings. The molecule has 0 radical (unpaired) electrons. The van der Waals surface area contributed by atoms with Gasteiger partial charge in [-0.1, -0.05) is 67.7 Å². The molecule has 0 aromatic rings. The van der Waals surface area contributed by atoms with Gasteiger partial charge in [-0.25, -0.2) is 0 Å². The summed E-state index contributed by atoms with van der Waals surface area (Å²) >= 11 is 0. The van der Waals surface area contributed by atoms with Crippen LogP contribution in [0.15, 0.2) is 0 Å². The average molecular weight is 751 g/mol. The molecule has 0 aliphatic carbocycles. The summed E-state index contributed by atoms with van der Waals surface area (Å²) < 4.78 is 60.2. The summed E-state index contributed by atoms with van der Waals surface area (Å²) in [5.74, 6) is 0. The number of ether oxygens (including phenoxy) is 6. The lowest BCUT2D eigenvalue weighted by molar-refractivity contribution is -0.176. The molecular weight excluding hydrogens is 677 g/mol. The lowest BCUT2D eigenvalue weighted by Gasteiger charge is -2.58. The third-order valence-electron chi connectivity index (χ3n) is 10.4. The largest absolute Gasteiger partial charge is 0.469 e. The van der Waals surface area contributed by atoms with Crippen molar-refractivity contribution >= 4 is 33.8 Å². The summed E-state index contributed by atoms with van der Waals surface area (Å²) in [6.07, 6.45) is 6.60. The van der Waals surface area contributed by atoms with E-state index in [9.17, 15) is 0 Å². The van der Waals surface area contributed by atoms with Crippen LogP contribution in [0.1, 0.15) is 87.0 Å². The molecule has 0 aromatic heterocycles. The molecule has 48 heavy (non-hydrogen) atoms. The zero-order valence-corrected chi connectivity index (χ0v) is 37.2. The maximum Gasteiger partial charge on any atom is 0.469 e. The Labute approximate surface area is 298 Å². The van der Waals surface area contributed by atoms with Gasteiger partial charge in [-0.3, -0.25) is 0 Å². The molecule has 6 atom stereocenters. The Kier molecular flexibility index (Phi) is 15.7. The number of hydrogen-bond donors (Lipinski definition) is 0. The Bertz CT molecular complexity index is 871. The van der Waals surface area contributed by atoms with Gasteiger partial charge >= 0.3 is 8.80 Å². The molecule has 3 heterocycles. The van der Waals surface area contributed by atoms with Crippen LogP contribution in [0.25, 0.3) is 0 Å². The van der Waals surface area contributed by atoms with Crippen LogP contribution in [0.3, 0.4) is 0 Å². The van der Waals surface area contributed by atoms with Crippen LogP contribution in [0.2, 0.25) is 45.3 Å². The van der Waals surface area contributed by atoms with Gasteiger partial charge in [-0.05, 0) is 58.5 Å². The monoisotopic (exact) mass is 750 g/mol. The van der Waals surface area contributed by atoms with Crippen molar-refractivity contribution in [2.45, 2.75) is 149 Å². The molecule has 0 amide bonds. The topological polar surface area (TPSA) is 83.1 Å². The summed E-state index contributed by atoms with van der Waals surface area (Å²) in [5, 5.41) is 0. The third kappa shape index (κ3) is 10.3. The molecule has 3 saturated heterocycles. The van der Waals surface area contributed by atoms with Gasteiger partial charge in [0.2, 0.25) is 25.0 Å². The van der Waals surface area contributed by atoms with Crippen LogP contribution in [0.5, 0.6) is 0 Å². The third-order valence-corrected chi connectivity index (χ3v) is 27.7. The minimum absolute atomic E-state index is 0.0128. The maximum absolute atomic E-state index is 7.52. The van der Waals surface area contributed by atoms with Crippen molar-refractivity contribution in [3.8, 4) is 0 Å². The standard InChI is InChI=1S/C35H74O9Si4/c1-14-18-21-36-24-33(5)27-39-30(33)45(8,9)42-48(17-4,43-46(10,11)31-34(6,28-40-31)25-37-22-19-15-2)44-47(12,13)32-35(7,29-41-32)26-38-23-20-16-3/h30-32H,14-29H2,1-13H3. The molecule has 3 rings (SSSR count). The van der Waals surface area contributed by atoms with Crippen LogP contribution in [0, 0.1) is 16.2 Å². The van der Waals surface area contributed by atoms with Crippen molar-refractivity contribution in [1.82, 2.24) is 0 Å². The Morgan fingerprint density at radius 3 is 0.958 bits per heavy atom. The van der Waals surface area contributed by atoms with Crippen molar-refractivity contribution in [3.63, 3.8) is 0 Å². The molecule has 13 heteroatoms. The number of rotatable bonds is 25. The molecule has 284 valence electrons. The van der Waals surface area contributed by atoms with E-state index in [1.54, 1.807) is 0 Å². The fourth-order valence-corrected chi connectivity index (χ4v) is 29.4. The van der Waals surface area contributed by atoms with Gasteiger partial charge in [-0.2, -0.15) is 0 Å². The van der Waals surface area contributed by atoms with E-state index in [0.717, 1.165) is 58.3 Å². The molecule has 0 saturated carbocycles. The Morgan fingerprint density at radius 1 is 0.500 bits per heavy atom. The highest BCUT2D eigenvalue weighted by atomic mass is 28.5. The second-order valence-corrected chi connectivity index (χ2v) is 33.1. The van der Waals surface area contributed by atoms with E-state index in [1.807, 2.05) is 0 Å². The number of unbranched alkanes of at least 4 members (excludes halogenated alkanes) is 3. The smallest absolute Gasteiger partial charge is 0.414 e. The second kappa shape index (κ2) is 17.6. The van der Waals surface area contributed by atoms with Crippen molar-refractivity contribution in [2.75, 3.05) is 59.5 Å². The van der Waals surface area contributed by atoms with Crippen LogP contribution in [0.4, 0.5) is 0 Å². The summed E-state index contributed by atoms with van der Waals surface area (Å²) in [4.78, 5) is 0. The molecule has 6 unspecified atom stereocenters. The number of hydrogen-bond acceptors (Lipinski definition) is 9. The van der Waals surface area contributed by atoms with Crippen LogP contribution >= 0.6 is 0 Å².